The van der Waals surface area contributed by atoms with E-state index in [1.165, 1.54) is 18.9 Å². The van der Waals surface area contributed by atoms with Gasteiger partial charge in [-0.15, -0.1) is 0 Å². The number of Topliss-reactive ketones (excluding diaryl/α,β-unsaturated/α-hetero) is 1. The lowest BCUT2D eigenvalue weighted by atomic mass is 10.1. The summed E-state index contributed by atoms with van der Waals surface area (Å²) >= 11 is 1.46. The van der Waals surface area contributed by atoms with Gasteiger partial charge in [0.1, 0.15) is 0 Å². The summed E-state index contributed by atoms with van der Waals surface area (Å²) in [7, 11) is 1.54. The van der Waals surface area contributed by atoms with Crippen LogP contribution in [0.25, 0.3) is 6.08 Å². The molecule has 0 spiro atoms. The number of nitrogens with one attached hydrogen (secondary N) is 1. The van der Waals surface area contributed by atoms with E-state index in [9.17, 15) is 9.59 Å². The molecule has 0 radical (unpaired) electrons. The van der Waals surface area contributed by atoms with Gasteiger partial charge in [0.2, 0.25) is 5.78 Å². The Morgan fingerprint density at radius 2 is 1.81 bits per heavy atom. The van der Waals surface area contributed by atoms with E-state index in [0.717, 1.165) is 21.6 Å². The summed E-state index contributed by atoms with van der Waals surface area (Å²) in [5, 5.41) is 2.80. The van der Waals surface area contributed by atoms with Crippen molar-refractivity contribution in [1.29, 1.82) is 0 Å². The highest BCUT2D eigenvalue weighted by Gasteiger charge is 2.25. The molecular formula is C25H21NO4S. The Morgan fingerprint density at radius 3 is 2.55 bits per heavy atom. The molecule has 3 aromatic carbocycles. The number of hydrogen-bond acceptors (Lipinski definition) is 5. The average molecular weight is 432 g/mol. The smallest absolute Gasteiger partial charge is 0.262 e. The normalized spacial score (nSPS) is 13.7. The molecule has 0 atom stereocenters. The first-order chi connectivity index (χ1) is 15.0. The fraction of sp³-hybridized carbons (Fsp3) is 0.120. The Kier molecular flexibility index (Phi) is 6.09. The first kappa shape index (κ1) is 20.8. The van der Waals surface area contributed by atoms with Gasteiger partial charge in [0.15, 0.2) is 18.1 Å². The molecule has 31 heavy (non-hydrogen) atoms. The Hall–Kier alpha value is -3.51. The molecule has 6 heteroatoms. The minimum Gasteiger partial charge on any atom is -0.493 e. The maximum atomic E-state index is 12.6. The second-order valence-corrected chi connectivity index (χ2v) is 8.13. The fourth-order valence-electron chi connectivity index (χ4n) is 3.16. The zero-order chi connectivity index (χ0) is 21.8. The van der Waals surface area contributed by atoms with Crippen molar-refractivity contribution in [2.45, 2.75) is 11.8 Å². The van der Waals surface area contributed by atoms with Crippen molar-refractivity contribution in [1.82, 2.24) is 0 Å². The van der Waals surface area contributed by atoms with Crippen LogP contribution in [0.2, 0.25) is 0 Å². The fourth-order valence-corrected chi connectivity index (χ4v) is 4.21. The summed E-state index contributed by atoms with van der Waals surface area (Å²) in [6.07, 6.45) is 1.84. The van der Waals surface area contributed by atoms with Crippen molar-refractivity contribution in [2.24, 2.45) is 0 Å². The van der Waals surface area contributed by atoms with Crippen LogP contribution in [0, 0.1) is 6.92 Å². The van der Waals surface area contributed by atoms with E-state index in [-0.39, 0.29) is 18.3 Å². The Balaban J connectivity index is 1.43. The van der Waals surface area contributed by atoms with Crippen molar-refractivity contribution in [3.8, 4) is 11.5 Å². The number of hydrogen-bond donors (Lipinski definition) is 1. The molecule has 0 aromatic heterocycles. The highest BCUT2D eigenvalue weighted by atomic mass is 32.2. The molecular weight excluding hydrogens is 410 g/mol. The molecule has 1 heterocycles. The van der Waals surface area contributed by atoms with E-state index < -0.39 is 0 Å². The number of fused-ring (bicyclic) bond motifs is 1. The number of methoxy groups -OCH3 is 1. The van der Waals surface area contributed by atoms with E-state index in [2.05, 4.69) is 5.32 Å². The number of aryl methyl sites for hydroxylation is 1. The quantitative estimate of drug-likeness (QED) is 0.533. The van der Waals surface area contributed by atoms with E-state index >= 15 is 0 Å². The Labute approximate surface area is 185 Å². The number of benzene rings is 3. The first-order valence-corrected chi connectivity index (χ1v) is 10.6. The standard InChI is InChI=1S/C25H21NO4S/c1-16-7-10-18(11-8-16)26-24(27)15-30-20-12-9-17(13-21(20)29-2)14-23-25(28)19-5-3-4-6-22(19)31-23/h3-14H,15H2,1-2H3,(H,26,27)/b23-14-. The molecule has 1 N–H and O–H groups in total. The number of carbonyl (C=O) groups excluding carboxylic acids is 2. The molecule has 0 bridgehead atoms. The molecule has 1 aliphatic rings. The number of carbonyl (C=O) groups is 2. The summed E-state index contributed by atoms with van der Waals surface area (Å²) in [6, 6.07) is 20.5. The summed E-state index contributed by atoms with van der Waals surface area (Å²) in [6.45, 7) is 1.84. The van der Waals surface area contributed by atoms with Gasteiger partial charge in [-0.25, -0.2) is 0 Å². The van der Waals surface area contributed by atoms with E-state index in [0.29, 0.717) is 22.1 Å². The molecule has 0 saturated carbocycles. The van der Waals surface area contributed by atoms with Crippen molar-refractivity contribution in [3.05, 3.63) is 88.3 Å². The van der Waals surface area contributed by atoms with Crippen LogP contribution in [-0.4, -0.2) is 25.4 Å². The van der Waals surface area contributed by atoms with Crippen molar-refractivity contribution in [3.63, 3.8) is 0 Å². The summed E-state index contributed by atoms with van der Waals surface area (Å²) in [4.78, 5) is 26.4. The summed E-state index contributed by atoms with van der Waals surface area (Å²) in [5.41, 5.74) is 3.38. The van der Waals surface area contributed by atoms with Crippen LogP contribution in [0.5, 0.6) is 11.5 Å². The number of rotatable bonds is 6. The third kappa shape index (κ3) is 4.81. The number of amides is 1. The minimum absolute atomic E-state index is 0.0210. The summed E-state index contributed by atoms with van der Waals surface area (Å²) < 4.78 is 11.1. The highest BCUT2D eigenvalue weighted by Crippen LogP contribution is 2.41. The van der Waals surface area contributed by atoms with Gasteiger partial charge >= 0.3 is 0 Å². The molecule has 4 rings (SSSR count). The lowest BCUT2D eigenvalue weighted by Crippen LogP contribution is -2.20. The molecule has 5 nitrogen and oxygen atoms in total. The maximum absolute atomic E-state index is 12.6. The van der Waals surface area contributed by atoms with Gasteiger partial charge in [-0.2, -0.15) is 0 Å². The Morgan fingerprint density at radius 1 is 1.03 bits per heavy atom. The largest absolute Gasteiger partial charge is 0.493 e. The highest BCUT2D eigenvalue weighted by molar-refractivity contribution is 8.04. The number of ketones is 1. The first-order valence-electron chi connectivity index (χ1n) is 9.74. The van der Waals surface area contributed by atoms with Gasteiger partial charge in [0, 0.05) is 16.1 Å². The van der Waals surface area contributed by atoms with Crippen LogP contribution in [-0.2, 0) is 4.79 Å². The minimum atomic E-state index is -0.261. The topological polar surface area (TPSA) is 64.6 Å². The van der Waals surface area contributed by atoms with Crippen molar-refractivity contribution < 1.29 is 19.1 Å². The third-order valence-electron chi connectivity index (χ3n) is 4.75. The average Bonchev–Trinajstić information content (AvgIpc) is 3.09. The molecule has 3 aromatic rings. The molecule has 156 valence electrons. The van der Waals surface area contributed by atoms with Crippen LogP contribution in [0.4, 0.5) is 5.69 Å². The predicted molar refractivity (Wildman–Crippen MR) is 123 cm³/mol. The molecule has 0 fully saturated rings. The van der Waals surface area contributed by atoms with Gasteiger partial charge < -0.3 is 14.8 Å². The molecule has 0 aliphatic carbocycles. The van der Waals surface area contributed by atoms with Crippen LogP contribution in [0.15, 0.2) is 76.5 Å². The van der Waals surface area contributed by atoms with Gasteiger partial charge in [0.25, 0.3) is 5.91 Å². The SMILES string of the molecule is COc1cc(/C=C2\Sc3ccccc3C2=O)ccc1OCC(=O)Nc1ccc(C)cc1. The van der Waals surface area contributed by atoms with Gasteiger partial charge in [-0.3, -0.25) is 9.59 Å². The van der Waals surface area contributed by atoms with Gasteiger partial charge in [0.05, 0.1) is 12.0 Å². The molecule has 1 aliphatic heterocycles. The number of allylic oxidation sites excluding steroid dienone is 1. The van der Waals surface area contributed by atoms with Crippen LogP contribution >= 0.6 is 11.8 Å². The predicted octanol–water partition coefficient (Wildman–Crippen LogP) is 5.35. The number of anilines is 1. The maximum Gasteiger partial charge on any atom is 0.262 e. The second-order valence-electron chi connectivity index (χ2n) is 7.05. The monoisotopic (exact) mass is 431 g/mol. The lowest BCUT2D eigenvalue weighted by Gasteiger charge is -2.12. The van der Waals surface area contributed by atoms with Crippen molar-refractivity contribution in [2.75, 3.05) is 19.0 Å². The number of ether oxygens (including phenoxy) is 2. The van der Waals surface area contributed by atoms with Crippen LogP contribution in [0.1, 0.15) is 21.5 Å². The van der Waals surface area contributed by atoms with Crippen molar-refractivity contribution >= 4 is 35.2 Å². The van der Waals surface area contributed by atoms with E-state index in [4.69, 9.17) is 9.47 Å². The van der Waals surface area contributed by atoms with Gasteiger partial charge in [-0.1, -0.05) is 47.7 Å². The van der Waals surface area contributed by atoms with E-state index in [1.54, 1.807) is 12.1 Å². The van der Waals surface area contributed by atoms with Gasteiger partial charge in [-0.05, 0) is 55.0 Å². The Bertz CT molecular complexity index is 1170. The molecule has 0 unspecified atom stereocenters. The zero-order valence-electron chi connectivity index (χ0n) is 17.2. The number of thioether (sulfide) groups is 1. The molecule has 0 saturated heterocycles. The second kappa shape index (κ2) is 9.10. The summed E-state index contributed by atoms with van der Waals surface area (Å²) in [5.74, 6) is 0.707. The third-order valence-corrected chi connectivity index (χ3v) is 5.85. The van der Waals surface area contributed by atoms with Crippen LogP contribution in [0.3, 0.4) is 0 Å². The lowest BCUT2D eigenvalue weighted by molar-refractivity contribution is -0.118. The van der Waals surface area contributed by atoms with E-state index in [1.807, 2.05) is 67.6 Å². The zero-order valence-corrected chi connectivity index (χ0v) is 18.0. The molecule has 1 amide bonds. The van der Waals surface area contributed by atoms with Crippen LogP contribution < -0.4 is 14.8 Å².